The fourth-order valence-electron chi connectivity index (χ4n) is 1.34. The molecule has 0 aromatic heterocycles. The summed E-state index contributed by atoms with van der Waals surface area (Å²) in [6.07, 6.45) is -10.4. The molecule has 0 saturated heterocycles. The van der Waals surface area contributed by atoms with Crippen LogP contribution in [0.3, 0.4) is 0 Å². The van der Waals surface area contributed by atoms with Crippen LogP contribution in [0.15, 0.2) is 0 Å². The maximum Gasteiger partial charge on any atom is 2.00 e. The van der Waals surface area contributed by atoms with E-state index in [0.29, 0.717) is 0 Å². The van der Waals surface area contributed by atoms with E-state index in [1.165, 1.54) is 0 Å². The first-order chi connectivity index (χ1) is 14.8. The molecule has 0 aliphatic rings. The SMILES string of the molecule is O=C(CO)C(O)C(O)C(O)CO.O=C(CO)C(O)C(O)C(O)CO.O=P([O-])([O-])OP(=O)(O)O.[Cl-].[Mg+2].[Na+]. The molecule has 0 bridgehead atoms. The number of phosphoric acid groups is 2. The summed E-state index contributed by atoms with van der Waals surface area (Å²) in [5, 5.41) is 86.1. The zero-order chi connectivity index (χ0) is 27.2. The summed E-state index contributed by atoms with van der Waals surface area (Å²) >= 11 is 0. The quantitative estimate of drug-likeness (QED) is 0.0712. The van der Waals surface area contributed by atoms with E-state index in [4.69, 9.17) is 60.9 Å². The van der Waals surface area contributed by atoms with E-state index in [1.54, 1.807) is 0 Å². The van der Waals surface area contributed by atoms with Gasteiger partial charge in [-0.2, -0.15) is 0 Å². The molecule has 12 N–H and O–H groups in total. The summed E-state index contributed by atoms with van der Waals surface area (Å²) in [7, 11) is -10.7. The molecule has 0 amide bonds. The second-order valence-electron chi connectivity index (χ2n) is 5.64. The normalized spacial score (nSPS) is 15.7. The smallest absolute Gasteiger partial charge is 1.00 e. The van der Waals surface area contributed by atoms with Gasteiger partial charge in [0.15, 0.2) is 11.6 Å². The number of carbonyl (C=O) groups excluding carboxylic acids is 2. The number of ketones is 2. The number of aliphatic hydroxyl groups is 10. The monoisotopic (exact) mass is 618 g/mol. The molecule has 0 saturated carbocycles. The third-order valence-electron chi connectivity index (χ3n) is 2.99. The maximum absolute atomic E-state index is 10.5. The van der Waals surface area contributed by atoms with Gasteiger partial charge in [-0.25, -0.2) is 4.57 Å². The summed E-state index contributed by atoms with van der Waals surface area (Å²) in [6, 6.07) is 0. The van der Waals surface area contributed by atoms with Crippen molar-refractivity contribution in [3.63, 3.8) is 0 Å². The van der Waals surface area contributed by atoms with Crippen molar-refractivity contribution in [3.8, 4) is 0 Å². The van der Waals surface area contributed by atoms with Crippen molar-refractivity contribution in [2.24, 2.45) is 0 Å². The van der Waals surface area contributed by atoms with E-state index in [-0.39, 0.29) is 65.0 Å². The molecule has 0 radical (unpaired) electrons. The predicted octanol–water partition coefficient (Wildman–Crippen LogP) is -15.2. The fraction of sp³-hybridized carbons (Fsp3) is 0.833. The van der Waals surface area contributed by atoms with E-state index in [9.17, 15) is 28.5 Å². The zero-order valence-electron chi connectivity index (χ0n) is 18.5. The Morgan fingerprint density at radius 2 is 0.972 bits per heavy atom. The van der Waals surface area contributed by atoms with Crippen LogP contribution >= 0.6 is 15.6 Å². The topological polar surface area (TPSA) is 366 Å². The van der Waals surface area contributed by atoms with Crippen molar-refractivity contribution in [1.82, 2.24) is 0 Å². The molecule has 24 heteroatoms. The third kappa shape index (κ3) is 26.8. The third-order valence-corrected chi connectivity index (χ3v) is 4.64. The molecule has 0 aliphatic heterocycles. The molecule has 0 spiro atoms. The van der Waals surface area contributed by atoms with Crippen LogP contribution in [0.4, 0.5) is 0 Å². The first-order valence-corrected chi connectivity index (χ1v) is 11.1. The molecule has 0 fully saturated rings. The van der Waals surface area contributed by atoms with Gasteiger partial charge in [-0.15, -0.1) is 0 Å². The Bertz CT molecular complexity index is 610. The van der Waals surface area contributed by atoms with Crippen LogP contribution in [0.25, 0.3) is 0 Å². The molecule has 6 atom stereocenters. The number of halogens is 1. The number of aliphatic hydroxyl groups excluding tert-OH is 10. The zero-order valence-corrected chi connectivity index (χ0v) is 24.5. The molecule has 6 unspecified atom stereocenters. The van der Waals surface area contributed by atoms with Crippen LogP contribution in [-0.2, 0) is 23.0 Å². The molecule has 19 nitrogen and oxygen atoms in total. The Balaban J connectivity index is -0.0000000910. The van der Waals surface area contributed by atoms with Crippen molar-refractivity contribution in [2.45, 2.75) is 36.6 Å². The van der Waals surface area contributed by atoms with Gasteiger partial charge >= 0.3 is 60.4 Å². The van der Waals surface area contributed by atoms with Crippen LogP contribution < -0.4 is 51.8 Å². The summed E-state index contributed by atoms with van der Waals surface area (Å²) in [4.78, 5) is 55.2. The van der Waals surface area contributed by atoms with E-state index < -0.39 is 90.3 Å². The Kier molecular flexibility index (Phi) is 35.1. The van der Waals surface area contributed by atoms with Gasteiger partial charge in [-0.05, 0) is 0 Å². The maximum atomic E-state index is 10.5. The van der Waals surface area contributed by atoms with Gasteiger partial charge in [-0.1, -0.05) is 0 Å². The first-order valence-electron chi connectivity index (χ1n) is 8.15. The number of carbonyl (C=O) groups is 2. The standard InChI is InChI=1S/2C6H12O6.ClH.Mg.Na.H4O7P2/c2*7-1-3(9)5(11)6(12)4(10)2-8;;;;1-8(2,3)7-9(4,5)6/h2*3,5-9,11-12H,1-2H2;1H;;;(H2,1,2,3)(H2,4,5,6)/q;;;+2;+1;/p-3. The van der Waals surface area contributed by atoms with Gasteiger partial charge in [0, 0.05) is 0 Å². The number of Topliss-reactive ketones (excluding diaryl/α,β-unsaturated/α-hetero) is 2. The van der Waals surface area contributed by atoms with Crippen molar-refractivity contribution in [2.75, 3.05) is 26.4 Å². The number of hydrogen-bond acceptors (Lipinski definition) is 17. The van der Waals surface area contributed by atoms with E-state index in [2.05, 4.69) is 4.31 Å². The molecule has 0 aromatic carbocycles. The predicted molar refractivity (Wildman–Crippen MR) is 101 cm³/mol. The van der Waals surface area contributed by atoms with Crippen molar-refractivity contribution in [3.05, 3.63) is 0 Å². The molecule has 0 heterocycles. The van der Waals surface area contributed by atoms with Crippen LogP contribution in [0.2, 0.25) is 0 Å². The van der Waals surface area contributed by atoms with Gasteiger partial charge in [-0.3, -0.25) is 13.9 Å². The molecule has 36 heavy (non-hydrogen) atoms. The second-order valence-corrected chi connectivity index (χ2v) is 8.17. The minimum absolute atomic E-state index is 0. The van der Waals surface area contributed by atoms with Crippen molar-refractivity contribution in [1.29, 1.82) is 0 Å². The molecule has 0 aliphatic carbocycles. The van der Waals surface area contributed by atoms with Crippen LogP contribution in [0.5, 0.6) is 0 Å². The summed E-state index contributed by atoms with van der Waals surface area (Å²) in [5.41, 5.74) is 0. The molecule has 0 rings (SSSR count). The van der Waals surface area contributed by atoms with Crippen molar-refractivity contribution >= 4 is 50.3 Å². The van der Waals surface area contributed by atoms with Gasteiger partial charge in [0.1, 0.15) is 49.8 Å². The summed E-state index contributed by atoms with van der Waals surface area (Å²) in [5.74, 6) is -2.01. The molecular weight excluding hydrogens is 593 g/mol. The Labute approximate surface area is 247 Å². The second kappa shape index (κ2) is 25.2. The molecule has 208 valence electrons. The fourth-order valence-corrected chi connectivity index (χ4v) is 2.38. The van der Waals surface area contributed by atoms with Crippen LogP contribution in [-0.4, -0.2) is 159 Å². The Morgan fingerprint density at radius 1 is 0.722 bits per heavy atom. The van der Waals surface area contributed by atoms with Gasteiger partial charge in [0.25, 0.3) is 0 Å². The minimum Gasteiger partial charge on any atom is -1.00 e. The van der Waals surface area contributed by atoms with E-state index in [0.717, 1.165) is 0 Å². The minimum atomic E-state index is -5.55. The molecular formula is C12H26ClMgNaO19P2. The van der Waals surface area contributed by atoms with Gasteiger partial charge in [0.2, 0.25) is 0 Å². The van der Waals surface area contributed by atoms with Crippen molar-refractivity contribution < 1.29 is 136 Å². The average Bonchev–Trinajstić information content (AvgIpc) is 2.72. The molecule has 0 aromatic rings. The van der Waals surface area contributed by atoms with Gasteiger partial charge in [0.05, 0.1) is 21.0 Å². The van der Waals surface area contributed by atoms with Crippen LogP contribution in [0.1, 0.15) is 0 Å². The Morgan fingerprint density at radius 3 is 1.08 bits per heavy atom. The van der Waals surface area contributed by atoms with Gasteiger partial charge < -0.3 is 87.6 Å². The summed E-state index contributed by atoms with van der Waals surface area (Å²) in [6.45, 7) is -3.37. The van der Waals surface area contributed by atoms with E-state index >= 15 is 0 Å². The average molecular weight is 619 g/mol. The van der Waals surface area contributed by atoms with E-state index in [1.807, 2.05) is 0 Å². The number of rotatable bonds is 12. The largest absolute Gasteiger partial charge is 2.00 e. The first kappa shape index (κ1) is 50.1. The Hall–Kier alpha value is 1.26. The van der Waals surface area contributed by atoms with Crippen LogP contribution in [0, 0.1) is 0 Å². The number of hydrogen-bond donors (Lipinski definition) is 12. The summed E-state index contributed by atoms with van der Waals surface area (Å²) < 4.78 is 21.7.